The summed E-state index contributed by atoms with van der Waals surface area (Å²) < 4.78 is 137. The lowest BCUT2D eigenvalue weighted by Gasteiger charge is -2.34. The molecule has 316 valence electrons. The highest BCUT2D eigenvalue weighted by molar-refractivity contribution is 7.92. The van der Waals surface area contributed by atoms with Crippen molar-refractivity contribution in [3.63, 3.8) is 0 Å². The van der Waals surface area contributed by atoms with Crippen LogP contribution in [0.5, 0.6) is 0 Å². The molecule has 1 unspecified atom stereocenters. The largest absolute Gasteiger partial charge is 0.435 e. The molecule has 8 rings (SSSR count). The van der Waals surface area contributed by atoms with Crippen molar-refractivity contribution in [3.05, 3.63) is 94.1 Å². The number of aromatic nitrogens is 5. The predicted molar refractivity (Wildman–Crippen MR) is 202 cm³/mol. The minimum atomic E-state index is -5.09. The third-order valence-electron chi connectivity index (χ3n) is 11.1. The van der Waals surface area contributed by atoms with Gasteiger partial charge < -0.3 is 15.2 Å². The number of carbonyl (C=O) groups is 1. The number of aliphatic hydroxyl groups is 1. The van der Waals surface area contributed by atoms with E-state index in [1.165, 1.54) is 10.7 Å². The van der Waals surface area contributed by atoms with Gasteiger partial charge in [-0.2, -0.15) is 32.1 Å². The number of hydrogen-bond donors (Lipinski definition) is 3. The minimum absolute atomic E-state index is 0.00377. The molecule has 0 bridgehead atoms. The average molecular weight is 860 g/mol. The summed E-state index contributed by atoms with van der Waals surface area (Å²) in [6.45, 7) is -0.574. The summed E-state index contributed by atoms with van der Waals surface area (Å²) in [6.07, 6.45) is -4.01. The van der Waals surface area contributed by atoms with E-state index in [0.29, 0.717) is 27.2 Å². The van der Waals surface area contributed by atoms with E-state index in [9.17, 15) is 40.3 Å². The van der Waals surface area contributed by atoms with Gasteiger partial charge in [-0.15, -0.1) is 0 Å². The maximum Gasteiger partial charge on any atom is 0.435 e. The molecule has 4 heterocycles. The Morgan fingerprint density at radius 1 is 1.05 bits per heavy atom. The van der Waals surface area contributed by atoms with Crippen molar-refractivity contribution in [1.82, 2.24) is 29.9 Å². The number of nitrogens with zero attached hydrogens (tertiary/aromatic N) is 5. The van der Waals surface area contributed by atoms with E-state index in [0.717, 1.165) is 18.4 Å². The standard InChI is InChI=1S/C40H36F7N7O5S/c1-53-34-26(4-3-5-28(34)37(51-53)52-60(2,57)58)25-7-6-24(10-11-38(56)12-14-59-15-13-38)48-33(25)30(18-21-16-22(41)19-23(42)17-21)49-31(55)20-54-36-32(35(50-54)40(45,46)47)27-8-9-29(27)39(36,43)44/h3-7,16-17,19,27,29-30,56H,8-9,12-15,18,20H2,1-2H3,(H,49,55)(H,51,52)/t27-,29+,30?/m0/s1. The Morgan fingerprint density at radius 3 is 2.42 bits per heavy atom. The lowest BCUT2D eigenvalue weighted by Crippen LogP contribution is -2.36. The van der Waals surface area contributed by atoms with Gasteiger partial charge >= 0.3 is 6.18 Å². The number of ether oxygens (including phenoxy) is 1. The minimum Gasteiger partial charge on any atom is -0.381 e. The number of benzene rings is 2. The van der Waals surface area contributed by atoms with E-state index in [2.05, 4.69) is 32.1 Å². The topological polar surface area (TPSA) is 153 Å². The molecule has 5 aromatic rings. The zero-order chi connectivity index (χ0) is 42.9. The van der Waals surface area contributed by atoms with Crippen LogP contribution in [-0.2, 0) is 51.7 Å². The van der Waals surface area contributed by atoms with Crippen LogP contribution in [0.15, 0.2) is 48.5 Å². The lowest BCUT2D eigenvalue weighted by molar-refractivity contribution is -0.144. The van der Waals surface area contributed by atoms with Crippen molar-refractivity contribution in [2.24, 2.45) is 13.0 Å². The highest BCUT2D eigenvalue weighted by atomic mass is 32.2. The van der Waals surface area contributed by atoms with E-state index in [-0.39, 0.29) is 73.7 Å². The SMILES string of the molecule is Cn1nc(NS(C)(=O)=O)c2cccc(-c3ccc(C#CC4(O)CCOCC4)nc3C(Cc3cc(F)cc(F)c3)NC(=O)Cn3nc(C(F)(F)F)c4c3C(F)(F)[C@@H]3CC[C@H]43)c21. The molecule has 0 radical (unpaired) electrons. The zero-order valence-corrected chi connectivity index (χ0v) is 32.7. The second-order valence-electron chi connectivity index (χ2n) is 15.4. The number of alkyl halides is 5. The maximum atomic E-state index is 15.7. The molecule has 1 amide bonds. The first-order valence-corrected chi connectivity index (χ1v) is 20.7. The first kappa shape index (κ1) is 41.2. The molecule has 2 fully saturated rings. The van der Waals surface area contributed by atoms with Crippen LogP contribution in [0.3, 0.4) is 0 Å². The first-order valence-electron chi connectivity index (χ1n) is 18.8. The van der Waals surface area contributed by atoms with E-state index >= 15 is 8.78 Å². The van der Waals surface area contributed by atoms with Crippen LogP contribution >= 0.6 is 0 Å². The van der Waals surface area contributed by atoms with Crippen molar-refractivity contribution in [3.8, 4) is 23.0 Å². The molecule has 1 aliphatic heterocycles. The number of amides is 1. The number of hydrogen-bond acceptors (Lipinski definition) is 8. The second kappa shape index (κ2) is 14.9. The van der Waals surface area contributed by atoms with E-state index < -0.39 is 86.6 Å². The molecule has 2 aromatic carbocycles. The maximum absolute atomic E-state index is 15.7. The number of para-hydroxylation sites is 1. The molecule has 3 atom stereocenters. The highest BCUT2D eigenvalue weighted by Crippen LogP contribution is 2.64. The number of sulfonamides is 1. The zero-order valence-electron chi connectivity index (χ0n) is 31.9. The molecule has 1 saturated carbocycles. The average Bonchev–Trinajstić information content (AvgIpc) is 3.70. The number of rotatable bonds is 9. The summed E-state index contributed by atoms with van der Waals surface area (Å²) in [5.74, 6) is -3.46. The fourth-order valence-electron chi connectivity index (χ4n) is 8.37. The summed E-state index contributed by atoms with van der Waals surface area (Å²) in [6, 6.07) is 9.21. The van der Waals surface area contributed by atoms with Gasteiger partial charge in [0.05, 0.1) is 36.7 Å². The molecular weight excluding hydrogens is 824 g/mol. The fourth-order valence-corrected chi connectivity index (χ4v) is 8.87. The van der Waals surface area contributed by atoms with E-state index in [4.69, 9.17) is 9.72 Å². The van der Waals surface area contributed by atoms with Gasteiger partial charge in [0.15, 0.2) is 11.5 Å². The van der Waals surface area contributed by atoms with Crippen LogP contribution in [0, 0.1) is 29.4 Å². The Balaban J connectivity index is 1.27. The fraction of sp³-hybridized carbons (Fsp3) is 0.400. The monoisotopic (exact) mass is 859 g/mol. The van der Waals surface area contributed by atoms with Crippen molar-refractivity contribution >= 4 is 32.7 Å². The van der Waals surface area contributed by atoms with Gasteiger partial charge in [0.2, 0.25) is 15.9 Å². The van der Waals surface area contributed by atoms with Crippen molar-refractivity contribution in [2.45, 2.75) is 68.3 Å². The number of halogens is 7. The first-order chi connectivity index (χ1) is 28.2. The molecule has 1 saturated heterocycles. The number of pyridine rings is 1. The summed E-state index contributed by atoms with van der Waals surface area (Å²) >= 11 is 0. The van der Waals surface area contributed by atoms with Gasteiger partial charge in [0, 0.05) is 54.0 Å². The molecule has 3 aromatic heterocycles. The van der Waals surface area contributed by atoms with Gasteiger partial charge in [0.1, 0.15) is 35.2 Å². The van der Waals surface area contributed by atoms with Crippen LogP contribution in [-0.4, -0.2) is 69.0 Å². The molecule has 12 nitrogen and oxygen atoms in total. The predicted octanol–water partition coefficient (Wildman–Crippen LogP) is 6.09. The Hall–Kier alpha value is -5.52. The van der Waals surface area contributed by atoms with Crippen LogP contribution < -0.4 is 10.0 Å². The van der Waals surface area contributed by atoms with Crippen molar-refractivity contribution < 1.29 is 53.8 Å². The Kier molecular flexibility index (Phi) is 10.2. The quantitative estimate of drug-likeness (QED) is 0.119. The smallest absolute Gasteiger partial charge is 0.381 e. The van der Waals surface area contributed by atoms with E-state index in [1.807, 2.05) is 0 Å². The van der Waals surface area contributed by atoms with Gasteiger partial charge in [0.25, 0.3) is 5.92 Å². The Bertz CT molecular complexity index is 2700. The number of anilines is 1. The second-order valence-corrected chi connectivity index (χ2v) is 17.1. The number of carbonyl (C=O) groups excluding carboxylic acids is 1. The summed E-state index contributed by atoms with van der Waals surface area (Å²) in [5, 5.41) is 21.9. The summed E-state index contributed by atoms with van der Waals surface area (Å²) in [5.41, 5.74) is -3.38. The van der Waals surface area contributed by atoms with Crippen LogP contribution in [0.2, 0.25) is 0 Å². The van der Waals surface area contributed by atoms with Crippen LogP contribution in [0.4, 0.5) is 36.6 Å². The van der Waals surface area contributed by atoms with Gasteiger partial charge in [-0.3, -0.25) is 18.9 Å². The third-order valence-corrected chi connectivity index (χ3v) is 11.7. The molecule has 0 spiro atoms. The highest BCUT2D eigenvalue weighted by Gasteiger charge is 2.63. The van der Waals surface area contributed by atoms with E-state index in [1.54, 1.807) is 31.3 Å². The van der Waals surface area contributed by atoms with Crippen molar-refractivity contribution in [2.75, 3.05) is 24.2 Å². The van der Waals surface area contributed by atoms with Gasteiger partial charge in [-0.25, -0.2) is 22.2 Å². The van der Waals surface area contributed by atoms with Crippen LogP contribution in [0.1, 0.15) is 71.5 Å². The van der Waals surface area contributed by atoms with Gasteiger partial charge in [-0.05, 0) is 67.0 Å². The van der Waals surface area contributed by atoms with Crippen molar-refractivity contribution in [1.29, 1.82) is 0 Å². The molecule has 2 aliphatic carbocycles. The summed E-state index contributed by atoms with van der Waals surface area (Å²) in [7, 11) is -2.24. The Labute approximate surface area is 338 Å². The molecule has 3 N–H and O–H groups in total. The summed E-state index contributed by atoms with van der Waals surface area (Å²) in [4.78, 5) is 18.8. The number of fused-ring (bicyclic) bond motifs is 4. The number of nitrogens with one attached hydrogen (secondary N) is 2. The lowest BCUT2D eigenvalue weighted by atomic mass is 9.73. The Morgan fingerprint density at radius 2 is 1.77 bits per heavy atom. The normalized spacial score (nSPS) is 19.8. The number of aryl methyl sites for hydroxylation is 1. The molecule has 3 aliphatic rings. The molecule has 20 heteroatoms. The van der Waals surface area contributed by atoms with Gasteiger partial charge in [-0.1, -0.05) is 18.1 Å². The third kappa shape index (κ3) is 7.81. The molecule has 60 heavy (non-hydrogen) atoms. The van der Waals surface area contributed by atoms with Crippen LogP contribution in [0.25, 0.3) is 22.0 Å². The molecular formula is C40H36F7N7O5S.